The van der Waals surface area contributed by atoms with E-state index in [-0.39, 0.29) is 23.3 Å². The Kier molecular flexibility index (Phi) is 7.79. The van der Waals surface area contributed by atoms with Gasteiger partial charge in [-0.15, -0.1) is 0 Å². The normalized spacial score (nSPS) is 13.5. The lowest BCUT2D eigenvalue weighted by Gasteiger charge is -2.31. The number of piperidine rings is 1. The maximum atomic E-state index is 12.7. The molecule has 0 saturated carbocycles. The van der Waals surface area contributed by atoms with Gasteiger partial charge in [-0.1, -0.05) is 0 Å². The number of aliphatic hydroxyl groups is 1. The van der Waals surface area contributed by atoms with Gasteiger partial charge in [0.1, 0.15) is 5.69 Å². The summed E-state index contributed by atoms with van der Waals surface area (Å²) < 4.78 is 0. The SMILES string of the molecule is O=C(Nc1ccc(Nc2ccc(NC(=O)c3c[nH]c(C(=O)O)c3)cc2)cc1)c1ccc(N2CCC(O)CC2)cc1. The van der Waals surface area contributed by atoms with Gasteiger partial charge in [0.05, 0.1) is 11.7 Å². The molecule has 0 unspecified atom stereocenters. The fraction of sp³-hybridized carbons (Fsp3) is 0.167. The van der Waals surface area contributed by atoms with Gasteiger partial charge < -0.3 is 36.0 Å². The van der Waals surface area contributed by atoms with Crippen LogP contribution in [0.3, 0.4) is 0 Å². The molecule has 4 aromatic rings. The van der Waals surface area contributed by atoms with E-state index < -0.39 is 11.9 Å². The Bertz CT molecular complexity index is 1490. The van der Waals surface area contributed by atoms with E-state index >= 15 is 0 Å². The highest BCUT2D eigenvalue weighted by Gasteiger charge is 2.17. The van der Waals surface area contributed by atoms with Crippen molar-refractivity contribution in [1.29, 1.82) is 0 Å². The van der Waals surface area contributed by atoms with Gasteiger partial charge in [0, 0.05) is 53.3 Å². The standard InChI is InChI=1S/C30H29N5O5/c36-26-13-15-35(16-14-26)25-11-1-19(2-12-25)28(37)33-23-7-3-21(4-8-23)32-22-5-9-24(10-6-22)34-29(38)20-17-27(30(39)40)31-18-20/h1-12,17-18,26,31-32,36H,13-16H2,(H,33,37)(H,34,38)(H,39,40). The van der Waals surface area contributed by atoms with Crippen molar-refractivity contribution in [1.82, 2.24) is 4.98 Å². The van der Waals surface area contributed by atoms with Crippen molar-refractivity contribution in [2.24, 2.45) is 0 Å². The van der Waals surface area contributed by atoms with Crippen LogP contribution >= 0.6 is 0 Å². The van der Waals surface area contributed by atoms with Crippen molar-refractivity contribution in [2.75, 3.05) is 33.9 Å². The minimum Gasteiger partial charge on any atom is -0.477 e. The fourth-order valence-electron chi connectivity index (χ4n) is 4.44. The number of rotatable bonds is 8. The van der Waals surface area contributed by atoms with Crippen molar-refractivity contribution >= 4 is 46.2 Å². The molecule has 1 aromatic heterocycles. The van der Waals surface area contributed by atoms with Gasteiger partial charge in [-0.05, 0) is 91.7 Å². The van der Waals surface area contributed by atoms with E-state index in [9.17, 15) is 19.5 Å². The van der Waals surface area contributed by atoms with Crippen molar-refractivity contribution in [3.05, 3.63) is 102 Å². The minimum atomic E-state index is -1.13. The summed E-state index contributed by atoms with van der Waals surface area (Å²) in [5.74, 6) is -1.75. The molecule has 0 radical (unpaired) electrons. The fourth-order valence-corrected chi connectivity index (χ4v) is 4.44. The number of H-pyrrole nitrogens is 1. The zero-order valence-electron chi connectivity index (χ0n) is 21.6. The van der Waals surface area contributed by atoms with Crippen molar-refractivity contribution in [2.45, 2.75) is 18.9 Å². The summed E-state index contributed by atoms with van der Waals surface area (Å²) >= 11 is 0. The number of carboxylic acid groups (broad SMARTS) is 1. The lowest BCUT2D eigenvalue weighted by Crippen LogP contribution is -2.35. The Hall–Kier alpha value is -5.09. The average molecular weight is 540 g/mol. The van der Waals surface area contributed by atoms with Crippen LogP contribution in [0.4, 0.5) is 28.4 Å². The molecule has 10 nitrogen and oxygen atoms in total. The van der Waals surface area contributed by atoms with E-state index in [1.165, 1.54) is 12.3 Å². The predicted molar refractivity (Wildman–Crippen MR) is 154 cm³/mol. The van der Waals surface area contributed by atoms with Crippen LogP contribution in [0.25, 0.3) is 0 Å². The number of hydrogen-bond acceptors (Lipinski definition) is 6. The number of nitrogens with one attached hydrogen (secondary N) is 4. The summed E-state index contributed by atoms with van der Waals surface area (Å²) in [4.78, 5) is 40.8. The number of amides is 2. The van der Waals surface area contributed by atoms with Gasteiger partial charge in [0.15, 0.2) is 0 Å². The van der Waals surface area contributed by atoms with E-state index in [1.807, 2.05) is 48.5 Å². The van der Waals surface area contributed by atoms with E-state index in [0.29, 0.717) is 16.9 Å². The van der Waals surface area contributed by atoms with Gasteiger partial charge in [-0.25, -0.2) is 4.79 Å². The lowest BCUT2D eigenvalue weighted by atomic mass is 10.1. The van der Waals surface area contributed by atoms with Crippen LogP contribution in [0.15, 0.2) is 85.1 Å². The number of carbonyl (C=O) groups excluding carboxylic acids is 2. The third kappa shape index (κ3) is 6.48. The van der Waals surface area contributed by atoms with Gasteiger partial charge >= 0.3 is 5.97 Å². The summed E-state index contributed by atoms with van der Waals surface area (Å²) in [6.45, 7) is 1.61. The summed E-state index contributed by atoms with van der Waals surface area (Å²) in [7, 11) is 0. The average Bonchev–Trinajstić information content (AvgIpc) is 3.47. The molecule has 0 spiro atoms. The molecule has 0 atom stereocenters. The van der Waals surface area contributed by atoms with Gasteiger partial charge in [-0.2, -0.15) is 0 Å². The molecular formula is C30H29N5O5. The van der Waals surface area contributed by atoms with Crippen molar-refractivity contribution < 1.29 is 24.6 Å². The molecule has 6 N–H and O–H groups in total. The van der Waals surface area contributed by atoms with E-state index in [2.05, 4.69) is 25.8 Å². The quantitative estimate of drug-likeness (QED) is 0.186. The number of carbonyl (C=O) groups is 3. The molecule has 1 aliphatic rings. The first-order chi connectivity index (χ1) is 19.3. The van der Waals surface area contributed by atoms with E-state index in [1.54, 1.807) is 24.3 Å². The maximum absolute atomic E-state index is 12.7. The second-order valence-electron chi connectivity index (χ2n) is 9.56. The molecule has 5 rings (SSSR count). The number of aromatic carboxylic acids is 1. The lowest BCUT2D eigenvalue weighted by molar-refractivity contribution is 0.0691. The third-order valence-electron chi connectivity index (χ3n) is 6.71. The number of aromatic nitrogens is 1. The second kappa shape index (κ2) is 11.7. The largest absolute Gasteiger partial charge is 0.477 e. The van der Waals surface area contributed by atoms with Crippen LogP contribution in [0.5, 0.6) is 0 Å². The van der Waals surface area contributed by atoms with Crippen LogP contribution < -0.4 is 20.9 Å². The molecule has 10 heteroatoms. The molecule has 40 heavy (non-hydrogen) atoms. The molecule has 1 saturated heterocycles. The molecule has 2 heterocycles. The second-order valence-corrected chi connectivity index (χ2v) is 9.56. The zero-order chi connectivity index (χ0) is 28.1. The highest BCUT2D eigenvalue weighted by Crippen LogP contribution is 2.23. The Morgan fingerprint density at radius 3 is 1.73 bits per heavy atom. The van der Waals surface area contributed by atoms with Crippen LogP contribution in [-0.2, 0) is 0 Å². The number of benzene rings is 3. The Morgan fingerprint density at radius 2 is 1.23 bits per heavy atom. The topological polar surface area (TPSA) is 147 Å². The van der Waals surface area contributed by atoms with Crippen LogP contribution in [0.1, 0.15) is 44.0 Å². The van der Waals surface area contributed by atoms with Crippen LogP contribution in [-0.4, -0.2) is 52.2 Å². The Morgan fingerprint density at radius 1 is 0.725 bits per heavy atom. The summed E-state index contributed by atoms with van der Waals surface area (Å²) in [6.07, 6.45) is 2.63. The number of nitrogens with zero attached hydrogens (tertiary/aromatic N) is 1. The summed E-state index contributed by atoms with van der Waals surface area (Å²) in [6, 6.07) is 23.2. The highest BCUT2D eigenvalue weighted by molar-refractivity contribution is 6.06. The zero-order valence-corrected chi connectivity index (χ0v) is 21.6. The molecule has 2 amide bonds. The molecule has 3 aromatic carbocycles. The highest BCUT2D eigenvalue weighted by atomic mass is 16.4. The van der Waals surface area contributed by atoms with Crippen molar-refractivity contribution in [3.8, 4) is 0 Å². The van der Waals surface area contributed by atoms with E-state index in [4.69, 9.17) is 5.11 Å². The van der Waals surface area contributed by atoms with Gasteiger partial charge in [-0.3, -0.25) is 9.59 Å². The molecule has 0 bridgehead atoms. The number of anilines is 5. The Labute approximate surface area is 230 Å². The monoisotopic (exact) mass is 539 g/mol. The van der Waals surface area contributed by atoms with Crippen LogP contribution in [0, 0.1) is 0 Å². The Balaban J connectivity index is 1.12. The first-order valence-corrected chi connectivity index (χ1v) is 12.9. The van der Waals surface area contributed by atoms with E-state index in [0.717, 1.165) is 43.0 Å². The number of aromatic amines is 1. The van der Waals surface area contributed by atoms with Crippen LogP contribution in [0.2, 0.25) is 0 Å². The molecular weight excluding hydrogens is 510 g/mol. The number of carboxylic acids is 1. The first kappa shape index (κ1) is 26.5. The predicted octanol–water partition coefficient (Wildman–Crippen LogP) is 4.92. The molecule has 0 aliphatic carbocycles. The smallest absolute Gasteiger partial charge is 0.352 e. The molecule has 1 aliphatic heterocycles. The van der Waals surface area contributed by atoms with Gasteiger partial charge in [0.25, 0.3) is 11.8 Å². The number of aliphatic hydroxyl groups excluding tert-OH is 1. The third-order valence-corrected chi connectivity index (χ3v) is 6.71. The molecule has 204 valence electrons. The first-order valence-electron chi connectivity index (χ1n) is 12.9. The van der Waals surface area contributed by atoms with Gasteiger partial charge in [0.2, 0.25) is 0 Å². The maximum Gasteiger partial charge on any atom is 0.352 e. The molecule has 1 fully saturated rings. The number of hydrogen-bond donors (Lipinski definition) is 6. The summed E-state index contributed by atoms with van der Waals surface area (Å²) in [5.41, 5.74) is 4.63. The minimum absolute atomic E-state index is 0.0556. The van der Waals surface area contributed by atoms with Crippen molar-refractivity contribution in [3.63, 3.8) is 0 Å². The summed E-state index contributed by atoms with van der Waals surface area (Å²) in [5, 5.41) is 27.6.